The highest BCUT2D eigenvalue weighted by atomic mass is 35.5. The first-order chi connectivity index (χ1) is 13.0. The van der Waals surface area contributed by atoms with E-state index >= 15 is 0 Å². The first-order valence-electron chi connectivity index (χ1n) is 9.02. The molecule has 6 nitrogen and oxygen atoms in total. The van der Waals surface area contributed by atoms with Crippen LogP contribution >= 0.6 is 11.6 Å². The normalized spacial score (nSPS) is 13.7. The Hall–Kier alpha value is -2.60. The van der Waals surface area contributed by atoms with Gasteiger partial charge in [0.05, 0.1) is 23.4 Å². The fourth-order valence-electron chi connectivity index (χ4n) is 3.83. The summed E-state index contributed by atoms with van der Waals surface area (Å²) < 4.78 is 7.04. The number of ether oxygens (including phenoxy) is 1. The standard InChI is InChI=1S/C20H21ClN4O2/c1-4-27-20(26)15-10-22-19-17(12(2)23-24(19)3)18(15)25-9-8-14-13(11-25)6-5-7-16(14)21/h5-7,10H,4,8-9,11H2,1-3H3. The van der Waals surface area contributed by atoms with Crippen molar-refractivity contribution in [2.75, 3.05) is 18.1 Å². The summed E-state index contributed by atoms with van der Waals surface area (Å²) in [5.41, 5.74) is 5.28. The van der Waals surface area contributed by atoms with E-state index in [2.05, 4.69) is 21.0 Å². The first-order valence-corrected chi connectivity index (χ1v) is 9.39. The number of benzene rings is 1. The third-order valence-electron chi connectivity index (χ3n) is 5.02. The quantitative estimate of drug-likeness (QED) is 0.645. The van der Waals surface area contributed by atoms with E-state index in [0.29, 0.717) is 18.7 Å². The summed E-state index contributed by atoms with van der Waals surface area (Å²) in [7, 11) is 1.86. The molecule has 0 saturated carbocycles. The Morgan fingerprint density at radius 1 is 1.37 bits per heavy atom. The van der Waals surface area contributed by atoms with E-state index in [1.54, 1.807) is 17.8 Å². The predicted molar refractivity (Wildman–Crippen MR) is 105 cm³/mol. The highest BCUT2D eigenvalue weighted by Gasteiger charge is 2.27. The van der Waals surface area contributed by atoms with Crippen LogP contribution in [0.4, 0.5) is 5.69 Å². The van der Waals surface area contributed by atoms with Crippen molar-refractivity contribution in [3.05, 3.63) is 51.8 Å². The predicted octanol–water partition coefficient (Wildman–Crippen LogP) is 3.67. The SMILES string of the molecule is CCOC(=O)c1cnc2c(c(C)nn2C)c1N1CCc2c(Cl)cccc2C1. The van der Waals surface area contributed by atoms with Gasteiger partial charge in [0, 0.05) is 31.4 Å². The zero-order valence-corrected chi connectivity index (χ0v) is 16.4. The summed E-state index contributed by atoms with van der Waals surface area (Å²) in [6, 6.07) is 5.98. The van der Waals surface area contributed by atoms with Crippen LogP contribution in [-0.2, 0) is 24.8 Å². The molecule has 0 aliphatic carbocycles. The van der Waals surface area contributed by atoms with Gasteiger partial charge in [-0.2, -0.15) is 5.10 Å². The molecule has 3 aromatic rings. The number of fused-ring (bicyclic) bond motifs is 2. The van der Waals surface area contributed by atoms with Crippen LogP contribution < -0.4 is 4.90 Å². The number of esters is 1. The maximum atomic E-state index is 12.6. The molecule has 0 unspecified atom stereocenters. The molecule has 3 heterocycles. The number of carbonyl (C=O) groups excluding carboxylic acids is 1. The number of anilines is 1. The first kappa shape index (κ1) is 17.8. The number of carbonyl (C=O) groups is 1. The lowest BCUT2D eigenvalue weighted by atomic mass is 9.98. The second-order valence-corrected chi connectivity index (χ2v) is 7.10. The van der Waals surface area contributed by atoms with Crippen LogP contribution in [0.3, 0.4) is 0 Å². The van der Waals surface area contributed by atoms with Gasteiger partial charge in [-0.15, -0.1) is 0 Å². The van der Waals surface area contributed by atoms with Crippen molar-refractivity contribution in [1.29, 1.82) is 0 Å². The number of aromatic nitrogens is 3. The van der Waals surface area contributed by atoms with Gasteiger partial charge in [0.1, 0.15) is 5.56 Å². The zero-order valence-electron chi connectivity index (χ0n) is 15.6. The number of hydrogen-bond acceptors (Lipinski definition) is 5. The molecule has 1 aliphatic rings. The number of halogens is 1. The van der Waals surface area contributed by atoms with E-state index in [4.69, 9.17) is 16.3 Å². The number of pyridine rings is 1. The van der Waals surface area contributed by atoms with Gasteiger partial charge in [0.25, 0.3) is 0 Å². The lowest BCUT2D eigenvalue weighted by Gasteiger charge is -2.32. The summed E-state index contributed by atoms with van der Waals surface area (Å²) in [6.07, 6.45) is 2.42. The van der Waals surface area contributed by atoms with Crippen LogP contribution in [0.25, 0.3) is 11.0 Å². The second-order valence-electron chi connectivity index (χ2n) is 6.70. The second kappa shape index (κ2) is 6.85. The Morgan fingerprint density at radius 2 is 2.19 bits per heavy atom. The number of hydrogen-bond donors (Lipinski definition) is 0. The van der Waals surface area contributed by atoms with Crippen molar-refractivity contribution >= 4 is 34.3 Å². The average molecular weight is 385 g/mol. The van der Waals surface area contributed by atoms with Crippen LogP contribution in [0, 0.1) is 6.92 Å². The minimum absolute atomic E-state index is 0.320. The Kier molecular flexibility index (Phi) is 4.52. The molecule has 0 bridgehead atoms. The van der Waals surface area contributed by atoms with Crippen molar-refractivity contribution in [3.8, 4) is 0 Å². The molecule has 1 aliphatic heterocycles. The summed E-state index contributed by atoms with van der Waals surface area (Å²) in [5, 5.41) is 6.20. The fourth-order valence-corrected chi connectivity index (χ4v) is 4.12. The van der Waals surface area contributed by atoms with Crippen LogP contribution in [0.5, 0.6) is 0 Å². The van der Waals surface area contributed by atoms with Crippen molar-refractivity contribution in [2.24, 2.45) is 7.05 Å². The highest BCUT2D eigenvalue weighted by molar-refractivity contribution is 6.31. The fraction of sp³-hybridized carbons (Fsp3) is 0.350. The maximum Gasteiger partial charge on any atom is 0.341 e. The van der Waals surface area contributed by atoms with Crippen LogP contribution in [0.15, 0.2) is 24.4 Å². The van der Waals surface area contributed by atoms with E-state index in [-0.39, 0.29) is 5.97 Å². The molecule has 4 rings (SSSR count). The molecule has 0 saturated heterocycles. The summed E-state index contributed by atoms with van der Waals surface area (Å²) in [5.74, 6) is -0.359. The molecule has 0 amide bonds. The lowest BCUT2D eigenvalue weighted by Crippen LogP contribution is -2.32. The molecule has 1 aromatic carbocycles. The average Bonchev–Trinajstić information content (AvgIpc) is 2.95. The Labute approximate surface area is 162 Å². The topological polar surface area (TPSA) is 60.2 Å². The summed E-state index contributed by atoms with van der Waals surface area (Å²) in [6.45, 7) is 5.50. The summed E-state index contributed by atoms with van der Waals surface area (Å²) >= 11 is 6.37. The van der Waals surface area contributed by atoms with Gasteiger partial charge in [-0.3, -0.25) is 4.68 Å². The van der Waals surface area contributed by atoms with E-state index in [1.165, 1.54) is 11.1 Å². The molecule has 0 radical (unpaired) electrons. The molecular formula is C20H21ClN4O2. The van der Waals surface area contributed by atoms with Gasteiger partial charge in [0.15, 0.2) is 5.65 Å². The van der Waals surface area contributed by atoms with Crippen molar-refractivity contribution < 1.29 is 9.53 Å². The Bertz CT molecular complexity index is 1040. The van der Waals surface area contributed by atoms with Gasteiger partial charge < -0.3 is 9.64 Å². The molecule has 0 atom stereocenters. The Balaban J connectivity index is 1.89. The van der Waals surface area contributed by atoms with E-state index < -0.39 is 0 Å². The van der Waals surface area contributed by atoms with E-state index in [1.807, 2.05) is 26.1 Å². The third-order valence-corrected chi connectivity index (χ3v) is 5.37. The van der Waals surface area contributed by atoms with Crippen LogP contribution in [0.2, 0.25) is 5.02 Å². The maximum absolute atomic E-state index is 12.6. The monoisotopic (exact) mass is 384 g/mol. The van der Waals surface area contributed by atoms with Crippen molar-refractivity contribution in [1.82, 2.24) is 14.8 Å². The molecule has 7 heteroatoms. The molecule has 27 heavy (non-hydrogen) atoms. The van der Waals surface area contributed by atoms with Gasteiger partial charge in [-0.1, -0.05) is 23.7 Å². The number of nitrogens with zero attached hydrogens (tertiary/aromatic N) is 4. The molecule has 2 aromatic heterocycles. The molecular weight excluding hydrogens is 364 g/mol. The number of aryl methyl sites for hydroxylation is 2. The van der Waals surface area contributed by atoms with Crippen LogP contribution in [-0.4, -0.2) is 33.9 Å². The molecule has 140 valence electrons. The van der Waals surface area contributed by atoms with Crippen LogP contribution in [0.1, 0.15) is 34.1 Å². The van der Waals surface area contributed by atoms with Crippen molar-refractivity contribution in [2.45, 2.75) is 26.8 Å². The highest BCUT2D eigenvalue weighted by Crippen LogP contribution is 2.36. The lowest BCUT2D eigenvalue weighted by molar-refractivity contribution is 0.0526. The summed E-state index contributed by atoms with van der Waals surface area (Å²) in [4.78, 5) is 19.3. The number of rotatable bonds is 3. The minimum atomic E-state index is -0.359. The molecule has 0 fully saturated rings. The van der Waals surface area contributed by atoms with Gasteiger partial charge >= 0.3 is 5.97 Å². The van der Waals surface area contributed by atoms with Gasteiger partial charge in [-0.05, 0) is 37.5 Å². The van der Waals surface area contributed by atoms with E-state index in [9.17, 15) is 4.79 Å². The van der Waals surface area contributed by atoms with Gasteiger partial charge in [0.2, 0.25) is 0 Å². The molecule has 0 N–H and O–H groups in total. The van der Waals surface area contributed by atoms with E-state index in [0.717, 1.165) is 40.4 Å². The third kappa shape index (κ3) is 2.94. The zero-order chi connectivity index (χ0) is 19.1. The Morgan fingerprint density at radius 3 is 2.96 bits per heavy atom. The van der Waals surface area contributed by atoms with Gasteiger partial charge in [-0.25, -0.2) is 9.78 Å². The minimum Gasteiger partial charge on any atom is -0.462 e. The smallest absolute Gasteiger partial charge is 0.341 e. The largest absolute Gasteiger partial charge is 0.462 e. The molecule has 0 spiro atoms. The van der Waals surface area contributed by atoms with Crippen molar-refractivity contribution in [3.63, 3.8) is 0 Å².